The predicted octanol–water partition coefficient (Wildman–Crippen LogP) is 0.378. The number of hydrogen-bond acceptors (Lipinski definition) is 5. The number of anilines is 1. The molecule has 7 nitrogen and oxygen atoms in total. The normalized spacial score (nSPS) is 21.8. The lowest BCUT2D eigenvalue weighted by Crippen LogP contribution is -2.46. The van der Waals surface area contributed by atoms with E-state index in [0.29, 0.717) is 17.5 Å². The van der Waals surface area contributed by atoms with Gasteiger partial charge in [0.25, 0.3) is 0 Å². The van der Waals surface area contributed by atoms with Crippen molar-refractivity contribution in [3.8, 4) is 0 Å². The number of rotatable bonds is 4. The van der Waals surface area contributed by atoms with Gasteiger partial charge >= 0.3 is 0 Å². The van der Waals surface area contributed by atoms with Crippen molar-refractivity contribution in [1.82, 2.24) is 15.4 Å². The molecule has 0 radical (unpaired) electrons. The van der Waals surface area contributed by atoms with Crippen LogP contribution >= 0.6 is 0 Å². The molecule has 2 N–H and O–H groups in total. The zero-order chi connectivity index (χ0) is 14.7. The lowest BCUT2D eigenvalue weighted by molar-refractivity contribution is -0.135. The fourth-order valence-corrected chi connectivity index (χ4v) is 2.30. The van der Waals surface area contributed by atoms with Crippen LogP contribution in [-0.2, 0) is 9.59 Å². The molecule has 110 valence electrons. The highest BCUT2D eigenvalue weighted by Gasteiger charge is 2.31. The molecule has 2 atom stereocenters. The van der Waals surface area contributed by atoms with Crippen LogP contribution in [0.25, 0.3) is 0 Å². The molecular weight excluding hydrogens is 260 g/mol. The van der Waals surface area contributed by atoms with Gasteiger partial charge in [-0.05, 0) is 25.8 Å². The van der Waals surface area contributed by atoms with Gasteiger partial charge in [0.05, 0.1) is 12.6 Å². The van der Waals surface area contributed by atoms with Crippen molar-refractivity contribution >= 4 is 17.6 Å². The summed E-state index contributed by atoms with van der Waals surface area (Å²) in [4.78, 5) is 25.5. The molecule has 2 rings (SSSR count). The Morgan fingerprint density at radius 3 is 2.90 bits per heavy atom. The lowest BCUT2D eigenvalue weighted by Gasteiger charge is -2.22. The van der Waals surface area contributed by atoms with Crippen molar-refractivity contribution < 1.29 is 14.1 Å². The molecule has 1 aliphatic heterocycles. The molecule has 1 aromatic heterocycles. The fraction of sp³-hybridized carbons (Fsp3) is 0.615. The molecule has 0 aliphatic carbocycles. The maximum atomic E-state index is 12.2. The van der Waals surface area contributed by atoms with Crippen LogP contribution in [0.5, 0.6) is 0 Å². The highest BCUT2D eigenvalue weighted by atomic mass is 16.5. The van der Waals surface area contributed by atoms with Crippen molar-refractivity contribution in [2.45, 2.75) is 26.3 Å². The van der Waals surface area contributed by atoms with Crippen LogP contribution < -0.4 is 10.6 Å². The Morgan fingerprint density at radius 1 is 1.60 bits per heavy atom. The van der Waals surface area contributed by atoms with E-state index in [2.05, 4.69) is 15.8 Å². The van der Waals surface area contributed by atoms with E-state index < -0.39 is 0 Å². The van der Waals surface area contributed by atoms with Crippen LogP contribution in [-0.4, -0.2) is 48.0 Å². The van der Waals surface area contributed by atoms with E-state index in [9.17, 15) is 9.59 Å². The SMILES string of the molecule is Cc1cc(NC(=O)CN(C)C(=O)C2NCCC2C)no1. The molecule has 1 aromatic rings. The van der Waals surface area contributed by atoms with Gasteiger partial charge in [0.2, 0.25) is 11.8 Å². The van der Waals surface area contributed by atoms with Gasteiger partial charge in [-0.1, -0.05) is 12.1 Å². The first-order chi connectivity index (χ1) is 9.47. The zero-order valence-corrected chi connectivity index (χ0v) is 12.0. The van der Waals surface area contributed by atoms with Gasteiger partial charge < -0.3 is 20.1 Å². The number of amides is 2. The first-order valence-electron chi connectivity index (χ1n) is 6.69. The Hall–Kier alpha value is -1.89. The lowest BCUT2D eigenvalue weighted by atomic mass is 10.0. The highest BCUT2D eigenvalue weighted by molar-refractivity contribution is 5.94. The molecule has 1 aliphatic rings. The Morgan fingerprint density at radius 2 is 2.35 bits per heavy atom. The number of carbonyl (C=O) groups excluding carboxylic acids is 2. The van der Waals surface area contributed by atoms with Gasteiger partial charge in [0.1, 0.15) is 5.76 Å². The molecule has 2 unspecified atom stereocenters. The summed E-state index contributed by atoms with van der Waals surface area (Å²) >= 11 is 0. The number of nitrogens with one attached hydrogen (secondary N) is 2. The van der Waals surface area contributed by atoms with Crippen LogP contribution in [0.15, 0.2) is 10.6 Å². The monoisotopic (exact) mass is 280 g/mol. The molecule has 0 bridgehead atoms. The van der Waals surface area contributed by atoms with Gasteiger partial charge in [0, 0.05) is 13.1 Å². The largest absolute Gasteiger partial charge is 0.360 e. The highest BCUT2D eigenvalue weighted by Crippen LogP contribution is 2.16. The molecule has 20 heavy (non-hydrogen) atoms. The Bertz CT molecular complexity index is 500. The van der Waals surface area contributed by atoms with E-state index in [1.807, 2.05) is 6.92 Å². The molecule has 7 heteroatoms. The van der Waals surface area contributed by atoms with E-state index in [1.165, 1.54) is 4.90 Å². The second-order valence-corrected chi connectivity index (χ2v) is 5.26. The van der Waals surface area contributed by atoms with Crippen LogP contribution in [0.4, 0.5) is 5.82 Å². The number of aromatic nitrogens is 1. The third-order valence-corrected chi connectivity index (χ3v) is 3.45. The molecule has 0 aromatic carbocycles. The van der Waals surface area contributed by atoms with Crippen molar-refractivity contribution in [2.24, 2.45) is 5.92 Å². The van der Waals surface area contributed by atoms with Crippen molar-refractivity contribution in [3.63, 3.8) is 0 Å². The van der Waals surface area contributed by atoms with E-state index in [0.717, 1.165) is 13.0 Å². The fourth-order valence-electron chi connectivity index (χ4n) is 2.30. The third-order valence-electron chi connectivity index (χ3n) is 3.45. The number of likely N-dealkylation sites (N-methyl/N-ethyl adjacent to an activating group) is 1. The van der Waals surface area contributed by atoms with Gasteiger partial charge in [-0.2, -0.15) is 0 Å². The standard InChI is InChI=1S/C13H20N4O3/c1-8-4-5-14-12(8)13(19)17(3)7-11(18)15-10-6-9(2)20-16-10/h6,8,12,14H,4-5,7H2,1-3H3,(H,15,16,18). The number of hydrogen-bond donors (Lipinski definition) is 2. The smallest absolute Gasteiger partial charge is 0.245 e. The topological polar surface area (TPSA) is 87.5 Å². The maximum Gasteiger partial charge on any atom is 0.245 e. The molecule has 0 spiro atoms. The molecule has 1 fully saturated rings. The van der Waals surface area contributed by atoms with Crippen molar-refractivity contribution in [3.05, 3.63) is 11.8 Å². The number of carbonyl (C=O) groups is 2. The first kappa shape index (κ1) is 14.5. The second kappa shape index (κ2) is 6.04. The van der Waals surface area contributed by atoms with E-state index in [1.54, 1.807) is 20.0 Å². The molecular formula is C13H20N4O3. The minimum atomic E-state index is -0.292. The summed E-state index contributed by atoms with van der Waals surface area (Å²) in [5.41, 5.74) is 0. The van der Waals surface area contributed by atoms with Crippen LogP contribution in [0.1, 0.15) is 19.1 Å². The molecule has 2 amide bonds. The second-order valence-electron chi connectivity index (χ2n) is 5.26. The molecule has 2 heterocycles. The minimum Gasteiger partial charge on any atom is -0.360 e. The van der Waals surface area contributed by atoms with Gasteiger partial charge in [-0.15, -0.1) is 0 Å². The van der Waals surface area contributed by atoms with Gasteiger partial charge in [0.15, 0.2) is 5.82 Å². The van der Waals surface area contributed by atoms with E-state index >= 15 is 0 Å². The van der Waals surface area contributed by atoms with Crippen molar-refractivity contribution in [1.29, 1.82) is 0 Å². The average Bonchev–Trinajstić information content (AvgIpc) is 2.97. The first-order valence-corrected chi connectivity index (χ1v) is 6.69. The summed E-state index contributed by atoms with van der Waals surface area (Å²) in [6.45, 7) is 4.62. The number of nitrogens with zero attached hydrogens (tertiary/aromatic N) is 2. The summed E-state index contributed by atoms with van der Waals surface area (Å²) in [5.74, 6) is 0.932. The third kappa shape index (κ3) is 3.36. The van der Waals surface area contributed by atoms with Crippen LogP contribution in [0, 0.1) is 12.8 Å². The summed E-state index contributed by atoms with van der Waals surface area (Å²) in [6, 6.07) is 1.43. The zero-order valence-electron chi connectivity index (χ0n) is 12.0. The average molecular weight is 280 g/mol. The molecule has 0 saturated carbocycles. The van der Waals surface area contributed by atoms with E-state index in [4.69, 9.17) is 4.52 Å². The van der Waals surface area contributed by atoms with Gasteiger partial charge in [-0.25, -0.2) is 0 Å². The summed E-state index contributed by atoms with van der Waals surface area (Å²) in [7, 11) is 1.63. The Kier molecular flexibility index (Phi) is 4.39. The quantitative estimate of drug-likeness (QED) is 0.832. The summed E-state index contributed by atoms with van der Waals surface area (Å²) in [5, 5.41) is 9.43. The Labute approximate surface area is 117 Å². The minimum absolute atomic E-state index is 0.00432. The predicted molar refractivity (Wildman–Crippen MR) is 73.1 cm³/mol. The summed E-state index contributed by atoms with van der Waals surface area (Å²) < 4.78 is 4.86. The van der Waals surface area contributed by atoms with Crippen LogP contribution in [0.3, 0.4) is 0 Å². The van der Waals surface area contributed by atoms with Crippen molar-refractivity contribution in [2.75, 3.05) is 25.5 Å². The molecule has 1 saturated heterocycles. The van der Waals surface area contributed by atoms with Gasteiger partial charge in [-0.3, -0.25) is 9.59 Å². The summed E-state index contributed by atoms with van der Waals surface area (Å²) in [6.07, 6.45) is 0.981. The number of aryl methyl sites for hydroxylation is 1. The Balaban J connectivity index is 1.85. The van der Waals surface area contributed by atoms with Crippen LogP contribution in [0.2, 0.25) is 0 Å². The maximum absolute atomic E-state index is 12.2. The van der Waals surface area contributed by atoms with E-state index in [-0.39, 0.29) is 24.4 Å².